The summed E-state index contributed by atoms with van der Waals surface area (Å²) in [5.41, 5.74) is 2.05. The van der Waals surface area contributed by atoms with Crippen molar-refractivity contribution in [1.82, 2.24) is 14.7 Å². The average molecular weight is 263 g/mol. The highest BCUT2D eigenvalue weighted by Gasteiger charge is 2.19. The number of rotatable bonds is 3. The third kappa shape index (κ3) is 2.31. The van der Waals surface area contributed by atoms with E-state index in [9.17, 15) is 4.79 Å². The van der Waals surface area contributed by atoms with Crippen molar-refractivity contribution in [2.45, 2.75) is 19.9 Å². The minimum Gasteiger partial charge on any atom is -0.347 e. The third-order valence-corrected chi connectivity index (χ3v) is 3.74. The Morgan fingerprint density at radius 2 is 2.22 bits per heavy atom. The maximum absolute atomic E-state index is 11.9. The molecule has 0 aromatic carbocycles. The van der Waals surface area contributed by atoms with Gasteiger partial charge < -0.3 is 4.90 Å². The van der Waals surface area contributed by atoms with Gasteiger partial charge in [-0.15, -0.1) is 11.3 Å². The monoisotopic (exact) mass is 263 g/mol. The van der Waals surface area contributed by atoms with Gasteiger partial charge in [-0.1, -0.05) is 6.07 Å². The molecule has 2 aromatic rings. The largest absolute Gasteiger partial charge is 0.347 e. The van der Waals surface area contributed by atoms with Gasteiger partial charge in [-0.05, 0) is 30.9 Å². The fraction of sp³-hybridized carbons (Fsp3) is 0.385. The first-order chi connectivity index (χ1) is 8.50. The number of hydrogen-bond donors (Lipinski definition) is 0. The summed E-state index contributed by atoms with van der Waals surface area (Å²) in [6.45, 7) is 3.89. The van der Waals surface area contributed by atoms with Crippen LogP contribution in [0.5, 0.6) is 0 Å². The quantitative estimate of drug-likeness (QED) is 0.853. The molecule has 0 N–H and O–H groups in total. The number of hydrogen-bond acceptors (Lipinski definition) is 3. The molecule has 2 rings (SSSR count). The molecule has 0 spiro atoms. The van der Waals surface area contributed by atoms with Crippen molar-refractivity contribution in [3.63, 3.8) is 0 Å². The molecule has 0 saturated carbocycles. The van der Waals surface area contributed by atoms with Crippen LogP contribution in [-0.4, -0.2) is 34.7 Å². The van der Waals surface area contributed by atoms with E-state index in [4.69, 9.17) is 0 Å². The van der Waals surface area contributed by atoms with E-state index in [1.807, 2.05) is 37.6 Å². The number of aromatic nitrogens is 2. The third-order valence-electron chi connectivity index (χ3n) is 2.86. The van der Waals surface area contributed by atoms with Crippen molar-refractivity contribution in [2.24, 2.45) is 0 Å². The molecule has 18 heavy (non-hydrogen) atoms. The van der Waals surface area contributed by atoms with E-state index in [0.717, 1.165) is 16.1 Å². The van der Waals surface area contributed by atoms with E-state index < -0.39 is 0 Å². The maximum Gasteiger partial charge on any atom is 0.246 e. The maximum atomic E-state index is 11.9. The summed E-state index contributed by atoms with van der Waals surface area (Å²) in [4.78, 5) is 14.6. The van der Waals surface area contributed by atoms with Gasteiger partial charge in [0.25, 0.3) is 0 Å². The summed E-state index contributed by atoms with van der Waals surface area (Å²) < 4.78 is 1.74. The van der Waals surface area contributed by atoms with Crippen LogP contribution in [0.2, 0.25) is 0 Å². The van der Waals surface area contributed by atoms with E-state index in [-0.39, 0.29) is 11.9 Å². The molecule has 1 amide bonds. The van der Waals surface area contributed by atoms with Crippen molar-refractivity contribution in [1.29, 1.82) is 0 Å². The normalized spacial score (nSPS) is 12.4. The first-order valence-corrected chi connectivity index (χ1v) is 6.69. The van der Waals surface area contributed by atoms with Gasteiger partial charge in [0.05, 0.1) is 4.88 Å². The Labute approximate surface area is 111 Å². The number of carbonyl (C=O) groups is 1. The Bertz CT molecular complexity index is 543. The van der Waals surface area contributed by atoms with Gasteiger partial charge in [-0.2, -0.15) is 5.10 Å². The molecule has 96 valence electrons. The van der Waals surface area contributed by atoms with Gasteiger partial charge >= 0.3 is 0 Å². The molecule has 1 atom stereocenters. The van der Waals surface area contributed by atoms with E-state index in [0.29, 0.717) is 0 Å². The second kappa shape index (κ2) is 4.94. The SMILES string of the molecule is Cc1cn(C(C)C(=O)N(C)C)nc1-c1cccs1. The van der Waals surface area contributed by atoms with Gasteiger partial charge in [0, 0.05) is 20.3 Å². The van der Waals surface area contributed by atoms with Crippen molar-refractivity contribution < 1.29 is 4.79 Å². The molecule has 0 aliphatic heterocycles. The Morgan fingerprint density at radius 1 is 1.50 bits per heavy atom. The van der Waals surface area contributed by atoms with Crippen molar-refractivity contribution in [3.8, 4) is 10.6 Å². The number of aryl methyl sites for hydroxylation is 1. The van der Waals surface area contributed by atoms with Crippen LogP contribution >= 0.6 is 11.3 Å². The summed E-state index contributed by atoms with van der Waals surface area (Å²) in [6.07, 6.45) is 1.93. The van der Waals surface area contributed by atoms with Crippen LogP contribution in [0, 0.1) is 6.92 Å². The molecule has 0 bridgehead atoms. The second-order valence-corrected chi connectivity index (χ2v) is 5.47. The zero-order chi connectivity index (χ0) is 13.3. The van der Waals surface area contributed by atoms with E-state index in [2.05, 4.69) is 5.10 Å². The number of carbonyl (C=O) groups excluding carboxylic acids is 1. The van der Waals surface area contributed by atoms with Gasteiger partial charge in [-0.25, -0.2) is 0 Å². The lowest BCUT2D eigenvalue weighted by atomic mass is 10.2. The second-order valence-electron chi connectivity index (χ2n) is 4.53. The van der Waals surface area contributed by atoms with Crippen molar-refractivity contribution in [2.75, 3.05) is 14.1 Å². The van der Waals surface area contributed by atoms with Crippen LogP contribution in [0.15, 0.2) is 23.7 Å². The van der Waals surface area contributed by atoms with E-state index in [1.165, 1.54) is 0 Å². The Morgan fingerprint density at radius 3 is 2.78 bits per heavy atom. The number of likely N-dealkylation sites (N-methyl/N-ethyl adjacent to an activating group) is 1. The molecule has 0 saturated heterocycles. The standard InChI is InChI=1S/C13H17N3OS/c1-9-8-16(10(2)13(17)15(3)4)14-12(9)11-6-5-7-18-11/h5-8,10H,1-4H3. The molecule has 2 heterocycles. The highest BCUT2D eigenvalue weighted by Crippen LogP contribution is 2.27. The molecule has 0 radical (unpaired) electrons. The summed E-state index contributed by atoms with van der Waals surface area (Å²) in [5, 5.41) is 6.57. The highest BCUT2D eigenvalue weighted by atomic mass is 32.1. The van der Waals surface area contributed by atoms with Crippen LogP contribution < -0.4 is 0 Å². The minimum absolute atomic E-state index is 0.0511. The average Bonchev–Trinajstić information content (AvgIpc) is 2.95. The van der Waals surface area contributed by atoms with Gasteiger partial charge in [0.15, 0.2) is 0 Å². The van der Waals surface area contributed by atoms with Crippen LogP contribution in [0.3, 0.4) is 0 Å². The first-order valence-electron chi connectivity index (χ1n) is 5.81. The summed E-state index contributed by atoms with van der Waals surface area (Å²) >= 11 is 1.66. The Kier molecular flexibility index (Phi) is 3.52. The van der Waals surface area contributed by atoms with Gasteiger partial charge in [0.1, 0.15) is 11.7 Å². The molecule has 0 aliphatic carbocycles. The van der Waals surface area contributed by atoms with Crippen molar-refractivity contribution in [3.05, 3.63) is 29.3 Å². The van der Waals surface area contributed by atoms with E-state index >= 15 is 0 Å². The topological polar surface area (TPSA) is 38.1 Å². The zero-order valence-electron chi connectivity index (χ0n) is 11.0. The molecule has 4 nitrogen and oxygen atoms in total. The van der Waals surface area contributed by atoms with Crippen LogP contribution in [0.1, 0.15) is 18.5 Å². The lowest BCUT2D eigenvalue weighted by molar-refractivity contribution is -0.131. The first kappa shape index (κ1) is 12.8. The minimum atomic E-state index is -0.271. The number of nitrogens with zero attached hydrogens (tertiary/aromatic N) is 3. The molecule has 2 aromatic heterocycles. The molecule has 5 heteroatoms. The fourth-order valence-electron chi connectivity index (χ4n) is 1.82. The van der Waals surface area contributed by atoms with Crippen LogP contribution in [0.4, 0.5) is 0 Å². The summed E-state index contributed by atoms with van der Waals surface area (Å²) in [6, 6.07) is 3.78. The Hall–Kier alpha value is -1.62. The highest BCUT2D eigenvalue weighted by molar-refractivity contribution is 7.13. The number of amides is 1. The lowest BCUT2D eigenvalue weighted by Crippen LogP contribution is -2.30. The molecular formula is C13H17N3OS. The molecular weight excluding hydrogens is 246 g/mol. The van der Waals surface area contributed by atoms with Crippen molar-refractivity contribution >= 4 is 17.2 Å². The fourth-order valence-corrected chi connectivity index (χ4v) is 2.60. The number of thiophene rings is 1. The van der Waals surface area contributed by atoms with Gasteiger partial charge in [-0.3, -0.25) is 9.48 Å². The Balaban J connectivity index is 2.32. The summed E-state index contributed by atoms with van der Waals surface area (Å²) in [7, 11) is 3.52. The predicted molar refractivity (Wildman–Crippen MR) is 73.7 cm³/mol. The predicted octanol–water partition coefficient (Wildman–Crippen LogP) is 2.57. The molecule has 0 aliphatic rings. The van der Waals surface area contributed by atoms with Crippen LogP contribution in [-0.2, 0) is 4.79 Å². The van der Waals surface area contributed by atoms with Crippen LogP contribution in [0.25, 0.3) is 10.6 Å². The lowest BCUT2D eigenvalue weighted by Gasteiger charge is -2.16. The van der Waals surface area contributed by atoms with E-state index in [1.54, 1.807) is 35.0 Å². The zero-order valence-corrected chi connectivity index (χ0v) is 11.9. The molecule has 0 fully saturated rings. The van der Waals surface area contributed by atoms with Gasteiger partial charge in [0.2, 0.25) is 5.91 Å². The molecule has 1 unspecified atom stereocenters. The smallest absolute Gasteiger partial charge is 0.246 e. The summed E-state index contributed by atoms with van der Waals surface area (Å²) in [5.74, 6) is 0.0511.